The molecule has 2 rings (SSSR count). The van der Waals surface area contributed by atoms with Gasteiger partial charge >= 0.3 is 12.1 Å². The number of carbonyl (C=O) groups is 2. The SMILES string of the molecule is Cc1oc2cc(O)ccc2c1C(=O)OC(N)=O. The van der Waals surface area contributed by atoms with E-state index in [1.807, 2.05) is 0 Å². The number of benzene rings is 1. The van der Waals surface area contributed by atoms with Gasteiger partial charge in [-0.1, -0.05) is 0 Å². The van der Waals surface area contributed by atoms with Gasteiger partial charge in [-0.05, 0) is 19.1 Å². The van der Waals surface area contributed by atoms with Crippen molar-refractivity contribution >= 4 is 23.0 Å². The summed E-state index contributed by atoms with van der Waals surface area (Å²) in [5, 5.41) is 9.71. The van der Waals surface area contributed by atoms with Gasteiger partial charge < -0.3 is 20.0 Å². The first-order valence-electron chi connectivity index (χ1n) is 4.73. The number of hydrogen-bond acceptors (Lipinski definition) is 5. The van der Waals surface area contributed by atoms with Gasteiger partial charge in [-0.3, -0.25) is 0 Å². The Kier molecular flexibility index (Phi) is 2.47. The number of aryl methyl sites for hydroxylation is 1. The predicted octanol–water partition coefficient (Wildman–Crippen LogP) is 1.68. The lowest BCUT2D eigenvalue weighted by Crippen LogP contribution is -2.18. The third-order valence-electron chi connectivity index (χ3n) is 2.25. The Hall–Kier alpha value is -2.50. The van der Waals surface area contributed by atoms with Crippen LogP contribution in [0.1, 0.15) is 16.1 Å². The van der Waals surface area contributed by atoms with Gasteiger partial charge in [0.2, 0.25) is 0 Å². The molecule has 3 N–H and O–H groups in total. The Labute approximate surface area is 95.6 Å². The van der Waals surface area contributed by atoms with E-state index in [9.17, 15) is 14.7 Å². The molecule has 6 nitrogen and oxygen atoms in total. The van der Waals surface area contributed by atoms with Gasteiger partial charge in [-0.15, -0.1) is 0 Å². The molecule has 0 aliphatic heterocycles. The Morgan fingerprint density at radius 2 is 2.12 bits per heavy atom. The molecule has 1 aromatic carbocycles. The van der Waals surface area contributed by atoms with E-state index in [2.05, 4.69) is 4.74 Å². The average molecular weight is 235 g/mol. The Balaban J connectivity index is 2.57. The van der Waals surface area contributed by atoms with Crippen molar-refractivity contribution < 1.29 is 23.8 Å². The molecule has 1 heterocycles. The fraction of sp³-hybridized carbons (Fsp3) is 0.0909. The number of amides is 1. The number of esters is 1. The third-order valence-corrected chi connectivity index (χ3v) is 2.25. The van der Waals surface area contributed by atoms with Crippen LogP contribution >= 0.6 is 0 Å². The van der Waals surface area contributed by atoms with Crippen LogP contribution in [-0.4, -0.2) is 17.2 Å². The van der Waals surface area contributed by atoms with Crippen molar-refractivity contribution in [2.24, 2.45) is 5.73 Å². The van der Waals surface area contributed by atoms with Crippen LogP contribution in [0.2, 0.25) is 0 Å². The number of primary amides is 1. The van der Waals surface area contributed by atoms with Crippen molar-refractivity contribution in [2.45, 2.75) is 6.92 Å². The zero-order valence-corrected chi connectivity index (χ0v) is 8.89. The van der Waals surface area contributed by atoms with Gasteiger partial charge in [0.15, 0.2) is 0 Å². The molecule has 0 saturated heterocycles. The highest BCUT2D eigenvalue weighted by Gasteiger charge is 2.21. The van der Waals surface area contributed by atoms with Gasteiger partial charge in [0, 0.05) is 11.5 Å². The highest BCUT2D eigenvalue weighted by molar-refractivity contribution is 6.07. The van der Waals surface area contributed by atoms with E-state index in [1.165, 1.54) is 18.2 Å². The van der Waals surface area contributed by atoms with Crippen LogP contribution in [0.25, 0.3) is 11.0 Å². The number of aromatic hydroxyl groups is 1. The van der Waals surface area contributed by atoms with Gasteiger partial charge in [-0.25, -0.2) is 9.59 Å². The maximum absolute atomic E-state index is 11.6. The molecule has 0 unspecified atom stereocenters. The highest BCUT2D eigenvalue weighted by Crippen LogP contribution is 2.28. The van der Waals surface area contributed by atoms with Gasteiger partial charge in [-0.2, -0.15) is 0 Å². The van der Waals surface area contributed by atoms with Gasteiger partial charge in [0.25, 0.3) is 0 Å². The quantitative estimate of drug-likeness (QED) is 0.578. The largest absolute Gasteiger partial charge is 0.508 e. The maximum atomic E-state index is 11.6. The Morgan fingerprint density at radius 1 is 1.41 bits per heavy atom. The van der Waals surface area contributed by atoms with E-state index in [0.717, 1.165) is 0 Å². The number of phenolic OH excluding ortho intramolecular Hbond substituents is 1. The molecular weight excluding hydrogens is 226 g/mol. The van der Waals surface area contributed by atoms with E-state index < -0.39 is 12.1 Å². The zero-order chi connectivity index (χ0) is 12.6. The van der Waals surface area contributed by atoms with E-state index in [4.69, 9.17) is 10.2 Å². The minimum Gasteiger partial charge on any atom is -0.508 e. The number of rotatable bonds is 1. The van der Waals surface area contributed by atoms with E-state index in [0.29, 0.717) is 11.0 Å². The number of phenols is 1. The minimum atomic E-state index is -1.18. The lowest BCUT2D eigenvalue weighted by atomic mass is 10.1. The number of furan rings is 1. The fourth-order valence-corrected chi connectivity index (χ4v) is 1.60. The van der Waals surface area contributed by atoms with Crippen LogP contribution in [0.5, 0.6) is 5.75 Å². The van der Waals surface area contributed by atoms with Crippen molar-refractivity contribution in [3.8, 4) is 5.75 Å². The molecule has 88 valence electrons. The summed E-state index contributed by atoms with van der Waals surface area (Å²) in [6.45, 7) is 1.55. The molecule has 17 heavy (non-hydrogen) atoms. The summed E-state index contributed by atoms with van der Waals surface area (Å²) in [7, 11) is 0. The molecule has 0 bridgehead atoms. The van der Waals surface area contributed by atoms with E-state index >= 15 is 0 Å². The summed E-state index contributed by atoms with van der Waals surface area (Å²) in [6, 6.07) is 4.26. The summed E-state index contributed by atoms with van der Waals surface area (Å²) in [5.74, 6) is -0.572. The van der Waals surface area contributed by atoms with E-state index in [-0.39, 0.29) is 17.1 Å². The summed E-state index contributed by atoms with van der Waals surface area (Å²) in [6.07, 6.45) is -1.18. The molecule has 1 amide bonds. The lowest BCUT2D eigenvalue weighted by molar-refractivity contribution is 0.0638. The van der Waals surface area contributed by atoms with Crippen LogP contribution in [0.3, 0.4) is 0 Å². The maximum Gasteiger partial charge on any atom is 0.412 e. The number of hydrogen-bond donors (Lipinski definition) is 2. The summed E-state index contributed by atoms with van der Waals surface area (Å²) >= 11 is 0. The molecule has 1 aromatic heterocycles. The summed E-state index contributed by atoms with van der Waals surface area (Å²) < 4.78 is 9.56. The lowest BCUT2D eigenvalue weighted by Gasteiger charge is -1.98. The van der Waals surface area contributed by atoms with Gasteiger partial charge in [0.1, 0.15) is 22.7 Å². The number of fused-ring (bicyclic) bond motifs is 1. The average Bonchev–Trinajstić information content (AvgIpc) is 2.51. The van der Waals surface area contributed by atoms with Crippen molar-refractivity contribution in [1.82, 2.24) is 0 Å². The molecule has 0 aliphatic rings. The molecule has 0 atom stereocenters. The Bertz CT molecular complexity index is 614. The minimum absolute atomic E-state index is 0.0149. The van der Waals surface area contributed by atoms with Gasteiger partial charge in [0.05, 0.1) is 0 Å². The monoisotopic (exact) mass is 235 g/mol. The first-order valence-corrected chi connectivity index (χ1v) is 4.73. The number of ether oxygens (including phenoxy) is 1. The molecule has 0 fully saturated rings. The second-order valence-electron chi connectivity index (χ2n) is 3.42. The summed E-state index contributed by atoms with van der Waals surface area (Å²) in [4.78, 5) is 22.1. The molecule has 6 heteroatoms. The standard InChI is InChI=1S/C11H9NO5/c1-5-9(10(14)17-11(12)15)7-3-2-6(13)4-8(7)16-5/h2-4,13H,1H3,(H2,12,15). The molecule has 0 aliphatic carbocycles. The molecule has 2 aromatic rings. The summed E-state index contributed by atoms with van der Waals surface area (Å²) in [5.41, 5.74) is 5.22. The van der Waals surface area contributed by atoms with Crippen LogP contribution in [0, 0.1) is 6.92 Å². The predicted molar refractivity (Wildman–Crippen MR) is 57.6 cm³/mol. The Morgan fingerprint density at radius 3 is 2.76 bits per heavy atom. The molecule has 0 spiro atoms. The molecule has 0 radical (unpaired) electrons. The van der Waals surface area contributed by atoms with Crippen molar-refractivity contribution in [3.63, 3.8) is 0 Å². The highest BCUT2D eigenvalue weighted by atomic mass is 16.6. The first-order chi connectivity index (χ1) is 7.99. The smallest absolute Gasteiger partial charge is 0.412 e. The second kappa shape index (κ2) is 3.82. The van der Waals surface area contributed by atoms with Crippen molar-refractivity contribution in [1.29, 1.82) is 0 Å². The van der Waals surface area contributed by atoms with Crippen LogP contribution < -0.4 is 5.73 Å². The van der Waals surface area contributed by atoms with E-state index in [1.54, 1.807) is 6.92 Å². The van der Waals surface area contributed by atoms with Crippen molar-refractivity contribution in [2.75, 3.05) is 0 Å². The molecular formula is C11H9NO5. The van der Waals surface area contributed by atoms with Crippen molar-refractivity contribution in [3.05, 3.63) is 29.5 Å². The molecule has 0 saturated carbocycles. The number of carbonyl (C=O) groups excluding carboxylic acids is 2. The second-order valence-corrected chi connectivity index (χ2v) is 3.42. The topological polar surface area (TPSA) is 103 Å². The van der Waals surface area contributed by atoms with Crippen LogP contribution in [0.4, 0.5) is 4.79 Å². The van der Waals surface area contributed by atoms with Crippen LogP contribution in [0.15, 0.2) is 22.6 Å². The normalized spacial score (nSPS) is 10.4. The fourth-order valence-electron chi connectivity index (χ4n) is 1.60. The first kappa shape index (κ1) is 11.0. The third kappa shape index (κ3) is 1.92. The number of nitrogens with two attached hydrogens (primary N) is 1. The zero-order valence-electron chi connectivity index (χ0n) is 8.89. The van der Waals surface area contributed by atoms with Crippen LogP contribution in [-0.2, 0) is 4.74 Å².